The van der Waals surface area contributed by atoms with Crippen molar-refractivity contribution in [1.82, 2.24) is 5.32 Å². The Labute approximate surface area is 108 Å². The lowest BCUT2D eigenvalue weighted by Crippen LogP contribution is -2.49. The second kappa shape index (κ2) is 4.09. The van der Waals surface area contributed by atoms with Crippen LogP contribution >= 0.6 is 27.3 Å². The normalized spacial score (nSPS) is 37.9. The van der Waals surface area contributed by atoms with Crippen LogP contribution < -0.4 is 5.32 Å². The first-order valence-electron chi connectivity index (χ1n) is 5.84. The Hall–Kier alpha value is 0.1000. The summed E-state index contributed by atoms with van der Waals surface area (Å²) in [5, 5.41) is 16.3. The van der Waals surface area contributed by atoms with E-state index in [1.165, 1.54) is 17.7 Å². The van der Waals surface area contributed by atoms with Gasteiger partial charge in [-0.15, -0.1) is 11.3 Å². The van der Waals surface area contributed by atoms with Gasteiger partial charge in [0, 0.05) is 33.2 Å². The molecule has 2 aliphatic heterocycles. The molecule has 0 spiro atoms. The molecular formula is C12H16BrNOS. The molecular weight excluding hydrogens is 286 g/mol. The molecule has 3 heterocycles. The number of thiophene rings is 1. The van der Waals surface area contributed by atoms with Crippen LogP contribution in [0.25, 0.3) is 0 Å². The molecule has 2 bridgehead atoms. The fourth-order valence-corrected chi connectivity index (χ4v) is 4.73. The molecule has 2 nitrogen and oxygen atoms in total. The Kier molecular flexibility index (Phi) is 2.86. The van der Waals surface area contributed by atoms with Crippen molar-refractivity contribution in [3.63, 3.8) is 0 Å². The van der Waals surface area contributed by atoms with Gasteiger partial charge in [-0.3, -0.25) is 0 Å². The molecule has 2 unspecified atom stereocenters. The maximum atomic E-state index is 10.7. The predicted octanol–water partition coefficient (Wildman–Crippen LogP) is 2.70. The van der Waals surface area contributed by atoms with E-state index < -0.39 is 5.60 Å². The number of hydrogen-bond acceptors (Lipinski definition) is 3. The Morgan fingerprint density at radius 2 is 2.12 bits per heavy atom. The third kappa shape index (κ3) is 2.21. The summed E-state index contributed by atoms with van der Waals surface area (Å²) in [6, 6.07) is 3.23. The van der Waals surface area contributed by atoms with E-state index in [0.717, 1.165) is 23.7 Å². The van der Waals surface area contributed by atoms with Gasteiger partial charge in [-0.1, -0.05) is 0 Å². The quantitative estimate of drug-likeness (QED) is 0.880. The second-order valence-electron chi connectivity index (χ2n) is 5.18. The zero-order valence-electron chi connectivity index (χ0n) is 9.08. The fraction of sp³-hybridized carbons (Fsp3) is 0.667. The van der Waals surface area contributed by atoms with Gasteiger partial charge >= 0.3 is 0 Å². The highest BCUT2D eigenvalue weighted by Crippen LogP contribution is 2.37. The Morgan fingerprint density at radius 1 is 1.44 bits per heavy atom. The zero-order chi connectivity index (χ0) is 11.2. The standard InChI is InChI=1S/C12H16BrNOS/c13-8-3-11(16-7-8)6-12(15)4-9-1-2-10(5-12)14-9/h3,7,9-10,14-15H,1-2,4-6H2. The third-order valence-corrected chi connectivity index (χ3v) is 5.41. The van der Waals surface area contributed by atoms with Crippen LogP contribution in [0.2, 0.25) is 0 Å². The minimum atomic E-state index is -0.471. The minimum absolute atomic E-state index is 0.471. The van der Waals surface area contributed by atoms with Crippen LogP contribution in [0.5, 0.6) is 0 Å². The van der Waals surface area contributed by atoms with Gasteiger partial charge in [0.05, 0.1) is 5.60 Å². The smallest absolute Gasteiger partial charge is 0.0725 e. The first-order valence-corrected chi connectivity index (χ1v) is 7.52. The largest absolute Gasteiger partial charge is 0.389 e. The van der Waals surface area contributed by atoms with E-state index in [1.54, 1.807) is 11.3 Å². The summed E-state index contributed by atoms with van der Waals surface area (Å²) >= 11 is 5.20. The summed E-state index contributed by atoms with van der Waals surface area (Å²) < 4.78 is 1.13. The summed E-state index contributed by atoms with van der Waals surface area (Å²) in [5.41, 5.74) is -0.471. The van der Waals surface area contributed by atoms with Crippen molar-refractivity contribution in [3.8, 4) is 0 Å². The first-order chi connectivity index (χ1) is 7.63. The molecule has 2 aliphatic rings. The van der Waals surface area contributed by atoms with Gasteiger partial charge in [0.25, 0.3) is 0 Å². The molecule has 2 N–H and O–H groups in total. The third-order valence-electron chi connectivity index (χ3n) is 3.71. The molecule has 4 heteroatoms. The van der Waals surface area contributed by atoms with Crippen LogP contribution in [-0.4, -0.2) is 22.8 Å². The highest BCUT2D eigenvalue weighted by molar-refractivity contribution is 9.10. The lowest BCUT2D eigenvalue weighted by molar-refractivity contribution is -0.00543. The van der Waals surface area contributed by atoms with Crippen LogP contribution in [0.3, 0.4) is 0 Å². The van der Waals surface area contributed by atoms with Gasteiger partial charge in [-0.05, 0) is 47.7 Å². The van der Waals surface area contributed by atoms with E-state index in [4.69, 9.17) is 0 Å². The second-order valence-corrected chi connectivity index (χ2v) is 7.09. The molecule has 2 fully saturated rings. The zero-order valence-corrected chi connectivity index (χ0v) is 11.5. The summed E-state index contributed by atoms with van der Waals surface area (Å²) in [4.78, 5) is 1.29. The molecule has 0 saturated carbocycles. The number of rotatable bonds is 2. The van der Waals surface area contributed by atoms with E-state index >= 15 is 0 Å². The maximum absolute atomic E-state index is 10.7. The lowest BCUT2D eigenvalue weighted by atomic mass is 9.84. The number of piperidine rings is 1. The summed E-state index contributed by atoms with van der Waals surface area (Å²) in [5.74, 6) is 0. The van der Waals surface area contributed by atoms with E-state index in [1.807, 2.05) is 0 Å². The number of halogens is 1. The van der Waals surface area contributed by atoms with Gasteiger partial charge in [0.15, 0.2) is 0 Å². The average molecular weight is 302 g/mol. The van der Waals surface area contributed by atoms with E-state index in [-0.39, 0.29) is 0 Å². The number of fused-ring (bicyclic) bond motifs is 2. The molecule has 3 rings (SSSR count). The van der Waals surface area contributed by atoms with Crippen molar-refractivity contribution in [2.75, 3.05) is 0 Å². The van der Waals surface area contributed by atoms with Crippen LogP contribution in [0.1, 0.15) is 30.6 Å². The summed E-state index contributed by atoms with van der Waals surface area (Å²) in [6.07, 6.45) is 5.12. The Morgan fingerprint density at radius 3 is 2.69 bits per heavy atom. The van der Waals surface area contributed by atoms with Gasteiger partial charge in [-0.25, -0.2) is 0 Å². The topological polar surface area (TPSA) is 32.3 Å². The van der Waals surface area contributed by atoms with Crippen molar-refractivity contribution < 1.29 is 5.11 Å². The molecule has 2 atom stereocenters. The Balaban J connectivity index is 1.74. The molecule has 0 amide bonds. The summed E-state index contributed by atoms with van der Waals surface area (Å²) in [7, 11) is 0. The fourth-order valence-electron chi connectivity index (χ4n) is 3.14. The predicted molar refractivity (Wildman–Crippen MR) is 69.9 cm³/mol. The van der Waals surface area contributed by atoms with Crippen molar-refractivity contribution >= 4 is 27.3 Å². The van der Waals surface area contributed by atoms with Crippen molar-refractivity contribution in [1.29, 1.82) is 0 Å². The molecule has 1 aromatic heterocycles. The van der Waals surface area contributed by atoms with Crippen LogP contribution in [0.4, 0.5) is 0 Å². The van der Waals surface area contributed by atoms with Gasteiger partial charge in [-0.2, -0.15) is 0 Å². The van der Waals surface area contributed by atoms with Crippen molar-refractivity contribution in [2.45, 2.75) is 49.8 Å². The van der Waals surface area contributed by atoms with E-state index in [2.05, 4.69) is 32.7 Å². The highest BCUT2D eigenvalue weighted by atomic mass is 79.9. The highest BCUT2D eigenvalue weighted by Gasteiger charge is 2.42. The number of nitrogens with one attached hydrogen (secondary N) is 1. The summed E-state index contributed by atoms with van der Waals surface area (Å²) in [6.45, 7) is 0. The Bertz CT molecular complexity index is 380. The van der Waals surface area contributed by atoms with Gasteiger partial charge < -0.3 is 10.4 Å². The van der Waals surface area contributed by atoms with Crippen LogP contribution in [0, 0.1) is 0 Å². The van der Waals surface area contributed by atoms with Gasteiger partial charge in [0.2, 0.25) is 0 Å². The molecule has 0 aromatic carbocycles. The molecule has 16 heavy (non-hydrogen) atoms. The number of aliphatic hydroxyl groups is 1. The molecule has 0 radical (unpaired) electrons. The van der Waals surface area contributed by atoms with Crippen molar-refractivity contribution in [2.24, 2.45) is 0 Å². The van der Waals surface area contributed by atoms with E-state index in [0.29, 0.717) is 12.1 Å². The monoisotopic (exact) mass is 301 g/mol. The van der Waals surface area contributed by atoms with Crippen LogP contribution in [0.15, 0.2) is 15.9 Å². The molecule has 1 aromatic rings. The average Bonchev–Trinajstić information content (AvgIpc) is 2.73. The molecule has 88 valence electrons. The lowest BCUT2D eigenvalue weighted by Gasteiger charge is -2.37. The van der Waals surface area contributed by atoms with Gasteiger partial charge in [0.1, 0.15) is 0 Å². The number of hydrogen-bond donors (Lipinski definition) is 2. The van der Waals surface area contributed by atoms with E-state index in [9.17, 15) is 5.11 Å². The van der Waals surface area contributed by atoms with Crippen LogP contribution in [-0.2, 0) is 6.42 Å². The molecule has 2 saturated heterocycles. The minimum Gasteiger partial charge on any atom is -0.389 e. The first kappa shape index (κ1) is 11.2. The SMILES string of the molecule is OC1(Cc2cc(Br)cs2)CC2CCC(C1)N2. The van der Waals surface area contributed by atoms with Crippen molar-refractivity contribution in [3.05, 3.63) is 20.8 Å². The molecule has 0 aliphatic carbocycles. The maximum Gasteiger partial charge on any atom is 0.0725 e.